The van der Waals surface area contributed by atoms with Crippen LogP contribution in [-0.4, -0.2) is 29.8 Å². The fraction of sp³-hybridized carbons (Fsp3) is 0.333. The number of nitrogens with zero attached hydrogens (tertiary/aromatic N) is 1. The summed E-state index contributed by atoms with van der Waals surface area (Å²) < 4.78 is 0. The summed E-state index contributed by atoms with van der Waals surface area (Å²) in [7, 11) is 0. The summed E-state index contributed by atoms with van der Waals surface area (Å²) in [5.74, 6) is -0.457. The maximum Gasteiger partial charge on any atom is 0.237 e. The van der Waals surface area contributed by atoms with Crippen molar-refractivity contribution in [2.24, 2.45) is 11.7 Å². The van der Waals surface area contributed by atoms with Crippen LogP contribution < -0.4 is 5.73 Å². The highest BCUT2D eigenvalue weighted by Gasteiger charge is 2.30. The van der Waals surface area contributed by atoms with Gasteiger partial charge in [0.1, 0.15) is 0 Å². The Labute approximate surface area is 95.1 Å². The zero-order valence-electron chi connectivity index (χ0n) is 9.19. The minimum Gasteiger partial charge on any atom is -0.368 e. The Morgan fingerprint density at radius 1 is 1.62 bits per heavy atom. The second kappa shape index (κ2) is 5.30. The first-order valence-corrected chi connectivity index (χ1v) is 5.08. The smallest absolute Gasteiger partial charge is 0.237 e. The van der Waals surface area contributed by atoms with Crippen molar-refractivity contribution in [1.29, 1.82) is 0 Å². The van der Waals surface area contributed by atoms with Gasteiger partial charge in [0.05, 0.1) is 6.54 Å². The lowest BCUT2D eigenvalue weighted by Gasteiger charge is -2.14. The number of hydrogen-bond donors (Lipinski definition) is 1. The fourth-order valence-electron chi connectivity index (χ4n) is 1.69. The molecule has 16 heavy (non-hydrogen) atoms. The van der Waals surface area contributed by atoms with Gasteiger partial charge in [0.15, 0.2) is 0 Å². The summed E-state index contributed by atoms with van der Waals surface area (Å²) in [6.45, 7) is 7.96. The van der Waals surface area contributed by atoms with Crippen LogP contribution >= 0.6 is 0 Å². The summed E-state index contributed by atoms with van der Waals surface area (Å²) >= 11 is 0. The maximum atomic E-state index is 11.5. The second-order valence-corrected chi connectivity index (χ2v) is 3.81. The average molecular weight is 220 g/mol. The topological polar surface area (TPSA) is 63.4 Å². The lowest BCUT2D eigenvalue weighted by Crippen LogP contribution is -2.34. The molecule has 1 atom stereocenters. The summed E-state index contributed by atoms with van der Waals surface area (Å²) in [4.78, 5) is 23.7. The molecule has 0 aromatic heterocycles. The van der Waals surface area contributed by atoms with E-state index in [1.54, 1.807) is 12.2 Å². The van der Waals surface area contributed by atoms with E-state index in [0.717, 1.165) is 5.57 Å². The van der Waals surface area contributed by atoms with Crippen LogP contribution in [0.4, 0.5) is 0 Å². The van der Waals surface area contributed by atoms with Crippen LogP contribution in [0.3, 0.4) is 0 Å². The molecule has 1 rings (SSSR count). The number of carbonyl (C=O) groups excluding carboxylic acids is 2. The van der Waals surface area contributed by atoms with Gasteiger partial charge in [0, 0.05) is 18.9 Å². The summed E-state index contributed by atoms with van der Waals surface area (Å²) in [6.07, 6.45) is 5.67. The first-order chi connectivity index (χ1) is 7.54. The number of amides is 2. The van der Waals surface area contributed by atoms with Gasteiger partial charge >= 0.3 is 0 Å². The molecule has 1 heterocycles. The lowest BCUT2D eigenvalue weighted by atomic mass is 9.99. The van der Waals surface area contributed by atoms with Crippen LogP contribution in [0.25, 0.3) is 0 Å². The molecule has 1 saturated heterocycles. The third-order valence-corrected chi connectivity index (χ3v) is 2.53. The molecule has 2 N–H and O–H groups in total. The minimum absolute atomic E-state index is 0.00616. The molecular formula is C12H16N2O2. The van der Waals surface area contributed by atoms with E-state index in [1.165, 1.54) is 4.90 Å². The highest BCUT2D eigenvalue weighted by Crippen LogP contribution is 2.24. The van der Waals surface area contributed by atoms with Gasteiger partial charge in [0.2, 0.25) is 11.8 Å². The van der Waals surface area contributed by atoms with E-state index in [0.29, 0.717) is 13.0 Å². The average Bonchev–Trinajstić information content (AvgIpc) is 2.56. The summed E-state index contributed by atoms with van der Waals surface area (Å²) in [5.41, 5.74) is 5.93. The third kappa shape index (κ3) is 3.08. The molecule has 0 aliphatic carbocycles. The molecule has 4 nitrogen and oxygen atoms in total. The van der Waals surface area contributed by atoms with Crippen LogP contribution in [0, 0.1) is 5.92 Å². The Balaban J connectivity index is 2.58. The molecule has 86 valence electrons. The quantitative estimate of drug-likeness (QED) is 0.690. The van der Waals surface area contributed by atoms with E-state index in [4.69, 9.17) is 5.73 Å². The summed E-state index contributed by atoms with van der Waals surface area (Å²) in [5, 5.41) is 0. The van der Waals surface area contributed by atoms with E-state index in [9.17, 15) is 9.59 Å². The van der Waals surface area contributed by atoms with Gasteiger partial charge < -0.3 is 10.6 Å². The van der Waals surface area contributed by atoms with E-state index in [2.05, 4.69) is 13.2 Å². The normalized spacial score (nSPS) is 20.4. The molecule has 1 fully saturated rings. The highest BCUT2D eigenvalue weighted by molar-refractivity contribution is 5.85. The zero-order valence-corrected chi connectivity index (χ0v) is 9.19. The molecule has 4 heteroatoms. The molecule has 1 unspecified atom stereocenters. The highest BCUT2D eigenvalue weighted by atomic mass is 16.2. The predicted octanol–water partition coefficient (Wildman–Crippen LogP) is 0.619. The molecule has 0 spiro atoms. The number of rotatable bonds is 5. The molecular weight excluding hydrogens is 204 g/mol. The number of allylic oxidation sites excluding steroid dienone is 3. The van der Waals surface area contributed by atoms with Gasteiger partial charge in [0.25, 0.3) is 0 Å². The van der Waals surface area contributed by atoms with Gasteiger partial charge in [-0.1, -0.05) is 31.4 Å². The first kappa shape index (κ1) is 12.2. The molecule has 2 amide bonds. The first-order valence-electron chi connectivity index (χ1n) is 5.08. The van der Waals surface area contributed by atoms with Crippen molar-refractivity contribution < 1.29 is 9.59 Å². The Hall–Kier alpha value is -1.84. The Morgan fingerprint density at radius 3 is 2.88 bits per heavy atom. The molecule has 0 radical (unpaired) electrons. The maximum absolute atomic E-state index is 11.5. The molecule has 0 saturated carbocycles. The van der Waals surface area contributed by atoms with Crippen LogP contribution in [0.15, 0.2) is 37.0 Å². The molecule has 1 aliphatic rings. The van der Waals surface area contributed by atoms with E-state index in [-0.39, 0.29) is 18.4 Å². The lowest BCUT2D eigenvalue weighted by molar-refractivity contribution is -0.132. The molecule has 1 aliphatic heterocycles. The summed E-state index contributed by atoms with van der Waals surface area (Å²) in [6, 6.07) is 0. The molecule has 0 bridgehead atoms. The monoisotopic (exact) mass is 220 g/mol. The predicted molar refractivity (Wildman–Crippen MR) is 62.4 cm³/mol. The van der Waals surface area contributed by atoms with Crippen molar-refractivity contribution in [3.63, 3.8) is 0 Å². The van der Waals surface area contributed by atoms with Gasteiger partial charge in [-0.05, 0) is 5.57 Å². The molecule has 0 aromatic rings. The van der Waals surface area contributed by atoms with Crippen LogP contribution in [0.2, 0.25) is 0 Å². The van der Waals surface area contributed by atoms with Crippen LogP contribution in [0.1, 0.15) is 6.42 Å². The van der Waals surface area contributed by atoms with Crippen molar-refractivity contribution in [3.8, 4) is 0 Å². The number of hydrogen-bond acceptors (Lipinski definition) is 2. The second-order valence-electron chi connectivity index (χ2n) is 3.81. The zero-order chi connectivity index (χ0) is 12.1. The van der Waals surface area contributed by atoms with E-state index in [1.807, 2.05) is 6.08 Å². The Morgan fingerprint density at radius 2 is 2.31 bits per heavy atom. The standard InChI is InChI=1S/C12H16N2O2/c1-3-4-5-9(2)10-6-12(16)14(7-10)8-11(13)15/h3-5,10H,1-2,6-8H2,(H2,13,15)/b5-4-. The van der Waals surface area contributed by atoms with Crippen molar-refractivity contribution in [3.05, 3.63) is 37.0 Å². The van der Waals surface area contributed by atoms with Crippen molar-refractivity contribution in [1.82, 2.24) is 4.90 Å². The van der Waals surface area contributed by atoms with Gasteiger partial charge in [-0.15, -0.1) is 0 Å². The van der Waals surface area contributed by atoms with Crippen molar-refractivity contribution in [2.75, 3.05) is 13.1 Å². The van der Waals surface area contributed by atoms with Gasteiger partial charge in [-0.25, -0.2) is 0 Å². The van der Waals surface area contributed by atoms with Crippen molar-refractivity contribution in [2.45, 2.75) is 6.42 Å². The van der Waals surface area contributed by atoms with E-state index >= 15 is 0 Å². The fourth-order valence-corrected chi connectivity index (χ4v) is 1.69. The SMILES string of the molecule is C=C/C=C\C(=C)C1CC(=O)N(CC(N)=O)C1. The number of primary amides is 1. The Bertz CT molecular complexity index is 358. The minimum atomic E-state index is -0.485. The number of carbonyl (C=O) groups is 2. The third-order valence-electron chi connectivity index (χ3n) is 2.53. The van der Waals surface area contributed by atoms with Crippen LogP contribution in [0.5, 0.6) is 0 Å². The van der Waals surface area contributed by atoms with E-state index < -0.39 is 5.91 Å². The number of nitrogens with two attached hydrogens (primary N) is 1. The largest absolute Gasteiger partial charge is 0.368 e. The molecule has 0 aromatic carbocycles. The van der Waals surface area contributed by atoms with Gasteiger partial charge in [-0.2, -0.15) is 0 Å². The van der Waals surface area contributed by atoms with Gasteiger partial charge in [-0.3, -0.25) is 9.59 Å². The Kier molecular flexibility index (Phi) is 4.05. The van der Waals surface area contributed by atoms with Crippen molar-refractivity contribution >= 4 is 11.8 Å². The van der Waals surface area contributed by atoms with Crippen LogP contribution in [-0.2, 0) is 9.59 Å². The number of likely N-dealkylation sites (tertiary alicyclic amines) is 1.